The zero-order valence-electron chi connectivity index (χ0n) is 10.3. The minimum atomic E-state index is 0.886. The van der Waals surface area contributed by atoms with Crippen LogP contribution in [0.4, 0.5) is 0 Å². The Labute approximate surface area is 110 Å². The maximum Gasteiger partial charge on any atom is 0.124 e. The summed E-state index contributed by atoms with van der Waals surface area (Å²) in [4.78, 5) is 4.68. The first kappa shape index (κ1) is 11.2. The summed E-state index contributed by atoms with van der Waals surface area (Å²) in [5.41, 5.74) is 3.43. The van der Waals surface area contributed by atoms with Gasteiger partial charge in [0.1, 0.15) is 10.8 Å². The molecule has 3 heteroatoms. The van der Waals surface area contributed by atoms with Gasteiger partial charge in [0.2, 0.25) is 0 Å². The Morgan fingerprint density at radius 2 is 1.94 bits per heavy atom. The van der Waals surface area contributed by atoms with E-state index in [0.29, 0.717) is 0 Å². The van der Waals surface area contributed by atoms with Gasteiger partial charge in [-0.3, -0.25) is 0 Å². The van der Waals surface area contributed by atoms with Gasteiger partial charge in [0.15, 0.2) is 0 Å². The predicted molar refractivity (Wildman–Crippen MR) is 76.3 cm³/mol. The number of thiazole rings is 1. The molecule has 0 radical (unpaired) electrons. The van der Waals surface area contributed by atoms with Crippen LogP contribution < -0.4 is 4.74 Å². The van der Waals surface area contributed by atoms with E-state index in [1.165, 1.54) is 15.8 Å². The Kier molecular flexibility index (Phi) is 2.76. The Hall–Kier alpha value is -1.87. The average molecular weight is 255 g/mol. The van der Waals surface area contributed by atoms with Gasteiger partial charge in [0.05, 0.1) is 17.3 Å². The summed E-state index contributed by atoms with van der Waals surface area (Å²) >= 11 is 1.73. The van der Waals surface area contributed by atoms with E-state index in [4.69, 9.17) is 4.74 Å². The fourth-order valence-corrected chi connectivity index (χ4v) is 3.05. The fraction of sp³-hybridized carbons (Fsp3) is 0.133. The van der Waals surface area contributed by atoms with E-state index in [-0.39, 0.29) is 0 Å². The lowest BCUT2D eigenvalue weighted by Gasteiger charge is -2.05. The monoisotopic (exact) mass is 255 g/mol. The van der Waals surface area contributed by atoms with Crippen LogP contribution in [0.5, 0.6) is 5.75 Å². The summed E-state index contributed by atoms with van der Waals surface area (Å²) in [6, 6.07) is 14.3. The molecule has 0 N–H and O–H groups in total. The summed E-state index contributed by atoms with van der Waals surface area (Å²) in [5.74, 6) is 0.886. The van der Waals surface area contributed by atoms with Crippen molar-refractivity contribution < 1.29 is 4.74 Å². The maximum absolute atomic E-state index is 5.23. The molecule has 0 atom stereocenters. The molecule has 0 aliphatic heterocycles. The molecule has 0 fully saturated rings. The van der Waals surface area contributed by atoms with Crippen molar-refractivity contribution in [3.8, 4) is 16.3 Å². The van der Waals surface area contributed by atoms with Gasteiger partial charge in [-0.05, 0) is 42.8 Å². The minimum Gasteiger partial charge on any atom is -0.497 e. The normalized spacial score (nSPS) is 10.8. The molecular formula is C15H13NOS. The number of aryl methyl sites for hydroxylation is 1. The third-order valence-corrected chi connectivity index (χ3v) is 4.03. The minimum absolute atomic E-state index is 0.886. The SMILES string of the molecule is COc1ccc(-c2nc3ccccc3s2)c(C)c1. The highest BCUT2D eigenvalue weighted by atomic mass is 32.1. The molecule has 0 saturated carbocycles. The quantitative estimate of drug-likeness (QED) is 0.682. The van der Waals surface area contributed by atoms with Crippen LogP contribution in [0, 0.1) is 6.92 Å². The molecule has 0 amide bonds. The molecule has 0 spiro atoms. The number of para-hydroxylation sites is 1. The molecule has 0 aliphatic rings. The first-order chi connectivity index (χ1) is 8.78. The standard InChI is InChI=1S/C15H13NOS/c1-10-9-11(17-2)7-8-12(10)15-16-13-5-3-4-6-14(13)18-15/h3-9H,1-2H3. The van der Waals surface area contributed by atoms with E-state index in [9.17, 15) is 0 Å². The molecular weight excluding hydrogens is 242 g/mol. The number of nitrogens with zero attached hydrogens (tertiary/aromatic N) is 1. The number of hydrogen-bond donors (Lipinski definition) is 0. The number of hydrogen-bond acceptors (Lipinski definition) is 3. The van der Waals surface area contributed by atoms with Crippen molar-refractivity contribution in [1.29, 1.82) is 0 Å². The lowest BCUT2D eigenvalue weighted by atomic mass is 10.1. The van der Waals surface area contributed by atoms with Gasteiger partial charge in [-0.2, -0.15) is 0 Å². The first-order valence-electron chi connectivity index (χ1n) is 5.78. The molecule has 2 aromatic carbocycles. The van der Waals surface area contributed by atoms with Gasteiger partial charge in [0, 0.05) is 5.56 Å². The van der Waals surface area contributed by atoms with Crippen molar-refractivity contribution in [2.24, 2.45) is 0 Å². The molecule has 0 bridgehead atoms. The Bertz CT molecular complexity index is 670. The lowest BCUT2D eigenvalue weighted by molar-refractivity contribution is 0.414. The van der Waals surface area contributed by atoms with Crippen molar-refractivity contribution in [2.45, 2.75) is 6.92 Å². The Morgan fingerprint density at radius 3 is 2.67 bits per heavy atom. The van der Waals surface area contributed by atoms with E-state index in [1.807, 2.05) is 30.3 Å². The molecule has 2 nitrogen and oxygen atoms in total. The number of benzene rings is 2. The molecule has 18 heavy (non-hydrogen) atoms. The highest BCUT2D eigenvalue weighted by Crippen LogP contribution is 2.33. The molecule has 0 saturated heterocycles. The smallest absolute Gasteiger partial charge is 0.124 e. The van der Waals surface area contributed by atoms with Gasteiger partial charge < -0.3 is 4.74 Å². The molecule has 0 aliphatic carbocycles. The second-order valence-corrected chi connectivity index (χ2v) is 5.20. The van der Waals surface area contributed by atoms with E-state index in [1.54, 1.807) is 18.4 Å². The van der Waals surface area contributed by atoms with E-state index in [2.05, 4.69) is 24.0 Å². The summed E-state index contributed by atoms with van der Waals surface area (Å²) in [7, 11) is 1.69. The van der Waals surface area contributed by atoms with Crippen LogP contribution in [0.25, 0.3) is 20.8 Å². The van der Waals surface area contributed by atoms with E-state index >= 15 is 0 Å². The number of rotatable bonds is 2. The third-order valence-electron chi connectivity index (χ3n) is 2.96. The predicted octanol–water partition coefficient (Wildman–Crippen LogP) is 4.28. The molecule has 3 rings (SSSR count). The van der Waals surface area contributed by atoms with Gasteiger partial charge in [-0.1, -0.05) is 12.1 Å². The van der Waals surface area contributed by atoms with Crippen LogP contribution in [0.3, 0.4) is 0 Å². The third kappa shape index (κ3) is 1.87. The number of methoxy groups -OCH3 is 1. The molecule has 3 aromatic rings. The summed E-state index contributed by atoms with van der Waals surface area (Å²) in [5, 5.41) is 1.07. The van der Waals surface area contributed by atoms with Crippen molar-refractivity contribution in [3.63, 3.8) is 0 Å². The second kappa shape index (κ2) is 4.42. The maximum atomic E-state index is 5.23. The van der Waals surface area contributed by atoms with Crippen LogP contribution in [0.2, 0.25) is 0 Å². The van der Waals surface area contributed by atoms with Crippen molar-refractivity contribution in [3.05, 3.63) is 48.0 Å². The van der Waals surface area contributed by atoms with Crippen molar-refractivity contribution in [2.75, 3.05) is 7.11 Å². The van der Waals surface area contributed by atoms with Gasteiger partial charge in [0.25, 0.3) is 0 Å². The second-order valence-electron chi connectivity index (χ2n) is 4.17. The first-order valence-corrected chi connectivity index (χ1v) is 6.60. The van der Waals surface area contributed by atoms with Crippen LogP contribution >= 0.6 is 11.3 Å². The Morgan fingerprint density at radius 1 is 1.11 bits per heavy atom. The number of fused-ring (bicyclic) bond motifs is 1. The van der Waals surface area contributed by atoms with Crippen LogP contribution in [-0.2, 0) is 0 Å². The Balaban J connectivity index is 2.14. The molecule has 1 aromatic heterocycles. The van der Waals surface area contributed by atoms with Gasteiger partial charge in [-0.15, -0.1) is 11.3 Å². The summed E-state index contributed by atoms with van der Waals surface area (Å²) in [6.45, 7) is 2.09. The topological polar surface area (TPSA) is 22.1 Å². The molecule has 0 unspecified atom stereocenters. The molecule has 1 heterocycles. The van der Waals surface area contributed by atoms with Gasteiger partial charge in [-0.25, -0.2) is 4.98 Å². The fourth-order valence-electron chi connectivity index (χ4n) is 1.99. The van der Waals surface area contributed by atoms with Crippen LogP contribution in [-0.4, -0.2) is 12.1 Å². The number of ether oxygens (including phenoxy) is 1. The highest BCUT2D eigenvalue weighted by molar-refractivity contribution is 7.21. The van der Waals surface area contributed by atoms with E-state index in [0.717, 1.165) is 16.3 Å². The molecule has 90 valence electrons. The van der Waals surface area contributed by atoms with Crippen LogP contribution in [0.1, 0.15) is 5.56 Å². The highest BCUT2D eigenvalue weighted by Gasteiger charge is 2.08. The summed E-state index contributed by atoms with van der Waals surface area (Å²) < 4.78 is 6.45. The van der Waals surface area contributed by atoms with Crippen LogP contribution in [0.15, 0.2) is 42.5 Å². The zero-order chi connectivity index (χ0) is 12.5. The largest absolute Gasteiger partial charge is 0.497 e. The lowest BCUT2D eigenvalue weighted by Crippen LogP contribution is -1.86. The summed E-state index contributed by atoms with van der Waals surface area (Å²) in [6.07, 6.45) is 0. The van der Waals surface area contributed by atoms with Crippen molar-refractivity contribution >= 4 is 21.6 Å². The van der Waals surface area contributed by atoms with Gasteiger partial charge >= 0.3 is 0 Å². The zero-order valence-corrected chi connectivity index (χ0v) is 11.1. The van der Waals surface area contributed by atoms with Crippen molar-refractivity contribution in [1.82, 2.24) is 4.98 Å². The number of aromatic nitrogens is 1. The van der Waals surface area contributed by atoms with E-state index < -0.39 is 0 Å². The average Bonchev–Trinajstić information content (AvgIpc) is 2.81.